The summed E-state index contributed by atoms with van der Waals surface area (Å²) in [5, 5.41) is 3.70. The van der Waals surface area contributed by atoms with Crippen LogP contribution in [0.1, 0.15) is 54.4 Å². The Balaban J connectivity index is 1.77. The van der Waals surface area contributed by atoms with E-state index >= 15 is 0 Å². The minimum absolute atomic E-state index is 0.811. The molecule has 0 saturated heterocycles. The lowest BCUT2D eigenvalue weighted by molar-refractivity contribution is 0.515. The van der Waals surface area contributed by atoms with Crippen LogP contribution in [0.25, 0.3) is 0 Å². The van der Waals surface area contributed by atoms with Crippen molar-refractivity contribution in [3.63, 3.8) is 0 Å². The van der Waals surface area contributed by atoms with Crippen molar-refractivity contribution in [2.24, 2.45) is 0 Å². The third kappa shape index (κ3) is 3.58. The van der Waals surface area contributed by atoms with Crippen LogP contribution >= 0.6 is 0 Å². The maximum atomic E-state index is 3.70. The fraction of sp³-hybridized carbons (Fsp3) is 0.647. The molecule has 0 aliphatic heterocycles. The third-order valence-electron chi connectivity index (χ3n) is 4.36. The first-order valence-electron chi connectivity index (χ1n) is 7.47. The number of hydrogen-bond donors (Lipinski definition) is 1. The number of benzene rings is 1. The lowest BCUT2D eigenvalue weighted by atomic mass is 9.98. The highest BCUT2D eigenvalue weighted by Crippen LogP contribution is 2.18. The fourth-order valence-corrected chi connectivity index (χ4v) is 3.00. The summed E-state index contributed by atoms with van der Waals surface area (Å²) in [6.07, 6.45) is 8.11. The molecule has 1 N–H and O–H groups in total. The number of aryl methyl sites for hydroxylation is 4. The van der Waals surface area contributed by atoms with Crippen LogP contribution in [0.5, 0.6) is 0 Å². The molecule has 1 saturated carbocycles. The molecule has 18 heavy (non-hydrogen) atoms. The Hall–Kier alpha value is -0.820. The normalized spacial score (nSPS) is 16.4. The van der Waals surface area contributed by atoms with Crippen molar-refractivity contribution in [2.45, 2.75) is 65.3 Å². The molecule has 0 spiro atoms. The average molecular weight is 245 g/mol. The molecule has 0 heterocycles. The molecule has 1 aromatic rings. The van der Waals surface area contributed by atoms with Crippen molar-refractivity contribution in [3.8, 4) is 0 Å². The van der Waals surface area contributed by atoms with Crippen LogP contribution in [0.15, 0.2) is 12.1 Å². The molecule has 100 valence electrons. The minimum atomic E-state index is 0.811. The molecular formula is C17H27N. The Morgan fingerprint density at radius 2 is 1.67 bits per heavy atom. The molecule has 1 nitrogen and oxygen atoms in total. The van der Waals surface area contributed by atoms with Gasteiger partial charge in [0.05, 0.1) is 0 Å². The van der Waals surface area contributed by atoms with Gasteiger partial charge in [-0.25, -0.2) is 0 Å². The second kappa shape index (κ2) is 6.38. The van der Waals surface area contributed by atoms with Crippen molar-refractivity contribution in [1.82, 2.24) is 5.32 Å². The molecule has 0 amide bonds. The predicted molar refractivity (Wildman–Crippen MR) is 79.2 cm³/mol. The molecule has 2 rings (SSSR count). The van der Waals surface area contributed by atoms with Gasteiger partial charge in [0, 0.05) is 6.04 Å². The fourth-order valence-electron chi connectivity index (χ4n) is 3.00. The first-order valence-corrected chi connectivity index (χ1v) is 7.47. The Morgan fingerprint density at radius 3 is 2.39 bits per heavy atom. The lowest BCUT2D eigenvalue weighted by Gasteiger charge is -2.13. The highest BCUT2D eigenvalue weighted by Gasteiger charge is 2.13. The van der Waals surface area contributed by atoms with Gasteiger partial charge in [0.1, 0.15) is 0 Å². The summed E-state index contributed by atoms with van der Waals surface area (Å²) in [5.41, 5.74) is 5.84. The van der Waals surface area contributed by atoms with Crippen LogP contribution in [-0.4, -0.2) is 12.6 Å². The molecule has 1 aliphatic carbocycles. The maximum absolute atomic E-state index is 3.70. The van der Waals surface area contributed by atoms with E-state index in [1.807, 2.05) is 0 Å². The van der Waals surface area contributed by atoms with Gasteiger partial charge in [-0.2, -0.15) is 0 Å². The van der Waals surface area contributed by atoms with Gasteiger partial charge in [-0.05, 0) is 75.3 Å². The van der Waals surface area contributed by atoms with Crippen LogP contribution < -0.4 is 5.32 Å². The van der Waals surface area contributed by atoms with Gasteiger partial charge in [0.25, 0.3) is 0 Å². The monoisotopic (exact) mass is 245 g/mol. The van der Waals surface area contributed by atoms with E-state index in [0.29, 0.717) is 0 Å². The average Bonchev–Trinajstić information content (AvgIpc) is 2.84. The summed E-state index contributed by atoms with van der Waals surface area (Å²) in [4.78, 5) is 0. The Morgan fingerprint density at radius 1 is 1.00 bits per heavy atom. The Kier molecular flexibility index (Phi) is 4.82. The first-order chi connectivity index (χ1) is 8.66. The molecule has 1 heteroatoms. The topological polar surface area (TPSA) is 12.0 Å². The van der Waals surface area contributed by atoms with Gasteiger partial charge >= 0.3 is 0 Å². The van der Waals surface area contributed by atoms with E-state index in [-0.39, 0.29) is 0 Å². The van der Waals surface area contributed by atoms with Gasteiger partial charge < -0.3 is 5.32 Å². The summed E-state index contributed by atoms with van der Waals surface area (Å²) < 4.78 is 0. The molecule has 0 unspecified atom stereocenters. The predicted octanol–water partition coefficient (Wildman–Crippen LogP) is 4.08. The van der Waals surface area contributed by atoms with Gasteiger partial charge in [0.15, 0.2) is 0 Å². The van der Waals surface area contributed by atoms with Crippen LogP contribution in [0.4, 0.5) is 0 Å². The van der Waals surface area contributed by atoms with E-state index in [1.54, 1.807) is 0 Å². The zero-order valence-electron chi connectivity index (χ0n) is 12.2. The number of hydrogen-bond acceptors (Lipinski definition) is 1. The smallest absolute Gasteiger partial charge is 0.00670 e. The van der Waals surface area contributed by atoms with Crippen molar-refractivity contribution in [2.75, 3.05) is 6.54 Å². The van der Waals surface area contributed by atoms with E-state index in [4.69, 9.17) is 0 Å². The number of nitrogens with one attached hydrogen (secondary N) is 1. The maximum Gasteiger partial charge on any atom is 0.00670 e. The SMILES string of the molecule is Cc1cc(C)c(CCCNC2CCCC2)cc1C. The highest BCUT2D eigenvalue weighted by molar-refractivity contribution is 5.36. The molecule has 0 radical (unpaired) electrons. The van der Waals surface area contributed by atoms with E-state index in [2.05, 4.69) is 38.2 Å². The Labute approximate surface area is 112 Å². The first kappa shape index (κ1) is 13.6. The Bertz CT molecular complexity index is 389. The number of rotatable bonds is 5. The van der Waals surface area contributed by atoms with Gasteiger partial charge in [-0.15, -0.1) is 0 Å². The van der Waals surface area contributed by atoms with Crippen molar-refractivity contribution < 1.29 is 0 Å². The van der Waals surface area contributed by atoms with Crippen LogP contribution in [-0.2, 0) is 6.42 Å². The molecular weight excluding hydrogens is 218 g/mol. The molecule has 1 aliphatic rings. The molecule has 0 aromatic heterocycles. The quantitative estimate of drug-likeness (QED) is 0.771. The summed E-state index contributed by atoms with van der Waals surface area (Å²) >= 11 is 0. The lowest BCUT2D eigenvalue weighted by Crippen LogP contribution is -2.27. The van der Waals surface area contributed by atoms with Crippen molar-refractivity contribution >= 4 is 0 Å². The van der Waals surface area contributed by atoms with Crippen molar-refractivity contribution in [1.29, 1.82) is 0 Å². The van der Waals surface area contributed by atoms with E-state index in [1.165, 1.54) is 67.3 Å². The van der Waals surface area contributed by atoms with Gasteiger partial charge in [0.2, 0.25) is 0 Å². The van der Waals surface area contributed by atoms with Crippen LogP contribution in [0.2, 0.25) is 0 Å². The van der Waals surface area contributed by atoms with Crippen LogP contribution in [0.3, 0.4) is 0 Å². The zero-order valence-corrected chi connectivity index (χ0v) is 12.2. The molecule has 0 atom stereocenters. The highest BCUT2D eigenvalue weighted by atomic mass is 14.9. The standard InChI is InChI=1S/C17H27N/c1-13-11-15(3)16(12-14(13)2)7-6-10-18-17-8-4-5-9-17/h11-12,17-18H,4-10H2,1-3H3. The van der Waals surface area contributed by atoms with E-state index in [9.17, 15) is 0 Å². The largest absolute Gasteiger partial charge is 0.314 e. The second-order valence-corrected chi connectivity index (χ2v) is 5.90. The molecule has 1 fully saturated rings. The third-order valence-corrected chi connectivity index (χ3v) is 4.36. The zero-order chi connectivity index (χ0) is 13.0. The van der Waals surface area contributed by atoms with Gasteiger partial charge in [-0.1, -0.05) is 25.0 Å². The summed E-state index contributed by atoms with van der Waals surface area (Å²) in [6, 6.07) is 5.51. The molecule has 1 aromatic carbocycles. The molecule has 0 bridgehead atoms. The second-order valence-electron chi connectivity index (χ2n) is 5.90. The van der Waals surface area contributed by atoms with E-state index in [0.717, 1.165) is 6.04 Å². The van der Waals surface area contributed by atoms with Gasteiger partial charge in [-0.3, -0.25) is 0 Å². The minimum Gasteiger partial charge on any atom is -0.314 e. The van der Waals surface area contributed by atoms with Crippen molar-refractivity contribution in [3.05, 3.63) is 34.4 Å². The summed E-state index contributed by atoms with van der Waals surface area (Å²) in [7, 11) is 0. The van der Waals surface area contributed by atoms with E-state index < -0.39 is 0 Å². The summed E-state index contributed by atoms with van der Waals surface area (Å²) in [6.45, 7) is 7.84. The van der Waals surface area contributed by atoms with Crippen LogP contribution in [0, 0.1) is 20.8 Å². The summed E-state index contributed by atoms with van der Waals surface area (Å²) in [5.74, 6) is 0.